The van der Waals surface area contributed by atoms with Gasteiger partial charge in [-0.3, -0.25) is 13.9 Å². The molecule has 0 atom stereocenters. The van der Waals surface area contributed by atoms with Crippen LogP contribution in [0.15, 0.2) is 48.5 Å². The molecule has 0 radical (unpaired) electrons. The van der Waals surface area contributed by atoms with Gasteiger partial charge >= 0.3 is 5.97 Å². The van der Waals surface area contributed by atoms with E-state index < -0.39 is 40.9 Å². The number of para-hydroxylation sites is 1. The molecule has 0 aliphatic carbocycles. The summed E-state index contributed by atoms with van der Waals surface area (Å²) in [6, 6.07) is 11.4. The van der Waals surface area contributed by atoms with E-state index in [0.29, 0.717) is 5.02 Å². The smallest absolute Gasteiger partial charge is 0.327 e. The monoisotopic (exact) mass is 414 g/mol. The molecule has 0 unspecified atom stereocenters. The van der Waals surface area contributed by atoms with Crippen molar-refractivity contribution in [2.75, 3.05) is 29.0 Å². The molecule has 2 aromatic carbocycles. The van der Waals surface area contributed by atoms with Gasteiger partial charge in [0.05, 0.1) is 17.6 Å². The van der Waals surface area contributed by atoms with Crippen molar-refractivity contribution in [2.24, 2.45) is 0 Å². The summed E-state index contributed by atoms with van der Waals surface area (Å²) in [5.41, 5.74) is 0.119. The van der Waals surface area contributed by atoms with Crippen LogP contribution in [0, 0.1) is 5.82 Å². The van der Waals surface area contributed by atoms with Crippen molar-refractivity contribution in [3.8, 4) is 0 Å². The molecule has 7 nitrogen and oxygen atoms in total. The molecule has 1 amide bonds. The van der Waals surface area contributed by atoms with Gasteiger partial charge in [-0.1, -0.05) is 29.8 Å². The molecule has 0 heterocycles. The number of carbonyl (C=O) groups is 2. The minimum Gasteiger partial charge on any atom is -0.454 e. The van der Waals surface area contributed by atoms with Crippen LogP contribution in [-0.4, -0.2) is 39.7 Å². The van der Waals surface area contributed by atoms with Gasteiger partial charge in [0, 0.05) is 5.02 Å². The lowest BCUT2D eigenvalue weighted by Crippen LogP contribution is -2.36. The normalized spacial score (nSPS) is 10.9. The van der Waals surface area contributed by atoms with E-state index in [4.69, 9.17) is 16.3 Å². The van der Waals surface area contributed by atoms with Crippen LogP contribution >= 0.6 is 11.6 Å². The molecule has 0 aromatic heterocycles. The zero-order chi connectivity index (χ0) is 20.0. The van der Waals surface area contributed by atoms with E-state index in [-0.39, 0.29) is 11.4 Å². The zero-order valence-corrected chi connectivity index (χ0v) is 15.8. The van der Waals surface area contributed by atoms with Gasteiger partial charge < -0.3 is 10.1 Å². The second kappa shape index (κ2) is 8.83. The van der Waals surface area contributed by atoms with E-state index in [2.05, 4.69) is 5.32 Å². The van der Waals surface area contributed by atoms with E-state index in [0.717, 1.165) is 16.6 Å². The Morgan fingerprint density at radius 1 is 1.19 bits per heavy atom. The van der Waals surface area contributed by atoms with Crippen molar-refractivity contribution in [3.05, 3.63) is 59.4 Å². The number of amides is 1. The summed E-state index contributed by atoms with van der Waals surface area (Å²) >= 11 is 5.85. The Bertz CT molecular complexity index is 952. The van der Waals surface area contributed by atoms with Crippen molar-refractivity contribution in [2.45, 2.75) is 0 Å². The molecule has 1 N–H and O–H groups in total. The summed E-state index contributed by atoms with van der Waals surface area (Å²) in [4.78, 5) is 23.7. The lowest BCUT2D eigenvalue weighted by Gasteiger charge is -2.21. The lowest BCUT2D eigenvalue weighted by atomic mass is 10.3. The number of benzene rings is 2. The molecule has 0 aliphatic rings. The van der Waals surface area contributed by atoms with Gasteiger partial charge in [-0.05, 0) is 30.3 Å². The number of hydrogen-bond donors (Lipinski definition) is 1. The minimum absolute atomic E-state index is 0.0600. The van der Waals surface area contributed by atoms with E-state index in [1.165, 1.54) is 36.4 Å². The Morgan fingerprint density at radius 2 is 1.89 bits per heavy atom. The third-order valence-electron chi connectivity index (χ3n) is 3.28. The highest BCUT2D eigenvalue weighted by Crippen LogP contribution is 2.21. The van der Waals surface area contributed by atoms with Gasteiger partial charge in [-0.2, -0.15) is 0 Å². The number of esters is 1. The SMILES string of the molecule is CS(=O)(=O)N(CC(=O)OCC(=O)Nc1ccccc1F)c1cccc(Cl)c1. The van der Waals surface area contributed by atoms with E-state index >= 15 is 0 Å². The number of nitrogens with zero attached hydrogens (tertiary/aromatic N) is 1. The van der Waals surface area contributed by atoms with Crippen molar-refractivity contribution < 1.29 is 27.1 Å². The van der Waals surface area contributed by atoms with Crippen LogP contribution in [0.1, 0.15) is 0 Å². The molecule has 2 rings (SSSR count). The molecule has 0 fully saturated rings. The van der Waals surface area contributed by atoms with Gasteiger partial charge in [0.2, 0.25) is 10.0 Å². The van der Waals surface area contributed by atoms with Crippen LogP contribution < -0.4 is 9.62 Å². The van der Waals surface area contributed by atoms with Crippen molar-refractivity contribution in [1.29, 1.82) is 0 Å². The average Bonchev–Trinajstić information content (AvgIpc) is 2.59. The van der Waals surface area contributed by atoms with Crippen LogP contribution in [0.25, 0.3) is 0 Å². The first-order valence-electron chi connectivity index (χ1n) is 7.60. The van der Waals surface area contributed by atoms with Gasteiger partial charge in [0.1, 0.15) is 12.4 Å². The highest BCUT2D eigenvalue weighted by molar-refractivity contribution is 7.92. The van der Waals surface area contributed by atoms with Gasteiger partial charge in [-0.25, -0.2) is 12.8 Å². The lowest BCUT2D eigenvalue weighted by molar-refractivity contribution is -0.145. The number of ether oxygens (including phenoxy) is 1. The fraction of sp³-hybridized carbons (Fsp3) is 0.176. The highest BCUT2D eigenvalue weighted by Gasteiger charge is 2.22. The van der Waals surface area contributed by atoms with Crippen LogP contribution in [-0.2, 0) is 24.3 Å². The predicted molar refractivity (Wildman–Crippen MR) is 99.6 cm³/mol. The van der Waals surface area contributed by atoms with Crippen LogP contribution in [0.2, 0.25) is 5.02 Å². The fourth-order valence-electron chi connectivity index (χ4n) is 2.09. The molecule has 27 heavy (non-hydrogen) atoms. The number of sulfonamides is 1. The molecular weight excluding hydrogens is 399 g/mol. The zero-order valence-electron chi connectivity index (χ0n) is 14.2. The molecule has 0 bridgehead atoms. The van der Waals surface area contributed by atoms with Gasteiger partial charge in [0.25, 0.3) is 5.91 Å². The van der Waals surface area contributed by atoms with Gasteiger partial charge in [0.15, 0.2) is 6.61 Å². The summed E-state index contributed by atoms with van der Waals surface area (Å²) in [5, 5.41) is 2.54. The van der Waals surface area contributed by atoms with Crippen LogP contribution in [0.4, 0.5) is 15.8 Å². The minimum atomic E-state index is -3.80. The number of nitrogens with one attached hydrogen (secondary N) is 1. The third kappa shape index (κ3) is 6.22. The van der Waals surface area contributed by atoms with Crippen LogP contribution in [0.5, 0.6) is 0 Å². The van der Waals surface area contributed by atoms with Crippen molar-refractivity contribution in [3.63, 3.8) is 0 Å². The third-order valence-corrected chi connectivity index (χ3v) is 4.66. The molecule has 0 saturated carbocycles. The number of anilines is 2. The summed E-state index contributed by atoms with van der Waals surface area (Å²) < 4.78 is 42.9. The second-order valence-electron chi connectivity index (χ2n) is 5.44. The second-order valence-corrected chi connectivity index (χ2v) is 7.78. The average molecular weight is 415 g/mol. The molecular formula is C17H16ClFN2O5S. The fourth-order valence-corrected chi connectivity index (χ4v) is 3.11. The molecule has 0 aliphatic heterocycles. The van der Waals surface area contributed by atoms with E-state index in [9.17, 15) is 22.4 Å². The molecule has 10 heteroatoms. The topological polar surface area (TPSA) is 92.8 Å². The molecule has 0 saturated heterocycles. The summed E-state index contributed by atoms with van der Waals surface area (Å²) in [5.74, 6) is -2.35. The Morgan fingerprint density at radius 3 is 2.52 bits per heavy atom. The quantitative estimate of drug-likeness (QED) is 0.702. The first-order valence-corrected chi connectivity index (χ1v) is 9.83. The predicted octanol–water partition coefficient (Wildman–Crippen LogP) is 2.43. The summed E-state index contributed by atoms with van der Waals surface area (Å²) in [6.07, 6.45) is 0.923. The Balaban J connectivity index is 1.98. The number of carbonyl (C=O) groups excluding carboxylic acids is 2. The standard InChI is InChI=1S/C17H16ClFN2O5S/c1-27(24,25)21(13-6-4-5-12(18)9-13)10-17(23)26-11-16(22)20-15-8-3-2-7-14(15)19/h2-9H,10-11H2,1H3,(H,20,22). The van der Waals surface area contributed by atoms with E-state index in [1.54, 1.807) is 6.07 Å². The molecule has 144 valence electrons. The maximum atomic E-state index is 13.5. The van der Waals surface area contributed by atoms with Crippen LogP contribution in [0.3, 0.4) is 0 Å². The maximum absolute atomic E-state index is 13.5. The maximum Gasteiger partial charge on any atom is 0.327 e. The number of rotatable bonds is 7. The van der Waals surface area contributed by atoms with E-state index in [1.807, 2.05) is 0 Å². The highest BCUT2D eigenvalue weighted by atomic mass is 35.5. The first-order chi connectivity index (χ1) is 12.7. The Labute approximate surface area is 160 Å². The Kier molecular flexibility index (Phi) is 6.75. The first kappa shape index (κ1) is 20.7. The van der Waals surface area contributed by atoms with Crippen molar-refractivity contribution >= 4 is 44.9 Å². The van der Waals surface area contributed by atoms with Gasteiger partial charge in [-0.15, -0.1) is 0 Å². The Hall–Kier alpha value is -2.65. The summed E-state index contributed by atoms with van der Waals surface area (Å²) in [6.45, 7) is -1.34. The molecule has 2 aromatic rings. The number of hydrogen-bond acceptors (Lipinski definition) is 5. The number of halogens is 2. The summed E-state index contributed by atoms with van der Waals surface area (Å²) in [7, 11) is -3.80. The molecule has 0 spiro atoms. The van der Waals surface area contributed by atoms with Crippen molar-refractivity contribution in [1.82, 2.24) is 0 Å². The largest absolute Gasteiger partial charge is 0.454 e.